The quantitative estimate of drug-likeness (QED) is 0.216. The van der Waals surface area contributed by atoms with E-state index in [0.717, 1.165) is 25.3 Å². The van der Waals surface area contributed by atoms with Gasteiger partial charge in [0.25, 0.3) is 5.91 Å². The summed E-state index contributed by atoms with van der Waals surface area (Å²) >= 11 is 0. The van der Waals surface area contributed by atoms with Crippen LogP contribution in [0.3, 0.4) is 0 Å². The maximum Gasteiger partial charge on any atom is 0.417 e. The minimum Gasteiger partial charge on any atom is -0.474 e. The van der Waals surface area contributed by atoms with Crippen molar-refractivity contribution in [3.8, 4) is 17.1 Å². The lowest BCUT2D eigenvalue weighted by atomic mass is 9.95. The SMILES string of the molecule is Cc1c(F)c(N)cc(-c2nc3c(c(N[C@H](C)c4ccccc4)c2F)C(=O)NCC2CCC(C[C@H](C)O3)N2)c1C(F)(F)F. The van der Waals surface area contributed by atoms with Crippen molar-refractivity contribution in [3.05, 3.63) is 70.3 Å². The molecule has 0 radical (unpaired) electrons. The van der Waals surface area contributed by atoms with Gasteiger partial charge < -0.3 is 26.4 Å². The molecule has 0 spiro atoms. The van der Waals surface area contributed by atoms with Gasteiger partial charge in [-0.05, 0) is 57.2 Å². The highest BCUT2D eigenvalue weighted by Gasteiger charge is 2.40. The van der Waals surface area contributed by atoms with Crippen molar-refractivity contribution in [2.45, 2.75) is 70.4 Å². The molecule has 0 saturated carbocycles. The molecule has 3 aromatic rings. The van der Waals surface area contributed by atoms with Crippen LogP contribution in [0.25, 0.3) is 11.3 Å². The largest absolute Gasteiger partial charge is 0.474 e. The number of amides is 1. The lowest BCUT2D eigenvalue weighted by Gasteiger charge is -2.25. The fourth-order valence-electron chi connectivity index (χ4n) is 5.76. The van der Waals surface area contributed by atoms with Gasteiger partial charge in [0.15, 0.2) is 5.82 Å². The Bertz CT molecular complexity index is 1500. The first-order chi connectivity index (χ1) is 19.8. The Balaban J connectivity index is 1.76. The predicted octanol–water partition coefficient (Wildman–Crippen LogP) is 6.13. The maximum absolute atomic E-state index is 16.6. The van der Waals surface area contributed by atoms with Crippen LogP contribution in [0.15, 0.2) is 36.4 Å². The van der Waals surface area contributed by atoms with Crippen molar-refractivity contribution >= 4 is 17.3 Å². The van der Waals surface area contributed by atoms with Crippen LogP contribution in [0.5, 0.6) is 5.88 Å². The Kier molecular flexibility index (Phi) is 8.02. The molecule has 1 fully saturated rings. The van der Waals surface area contributed by atoms with Crippen LogP contribution in [0.2, 0.25) is 0 Å². The van der Waals surface area contributed by atoms with Crippen LogP contribution >= 0.6 is 0 Å². The number of anilines is 2. The van der Waals surface area contributed by atoms with Crippen LogP contribution in [-0.4, -0.2) is 35.6 Å². The number of ether oxygens (including phenoxy) is 1. The van der Waals surface area contributed by atoms with E-state index in [1.54, 1.807) is 44.2 Å². The fourth-order valence-corrected chi connectivity index (χ4v) is 5.76. The standard InChI is InChI=1S/C30H32F5N5O2/c1-14-11-18-9-10-19(39-18)13-37-28(41)22-27(38-16(3)17-7-5-4-6-8-17)25(32)26(40-29(22)42-14)20-12-21(36)24(31)15(2)23(20)30(33,34)35/h4-8,12,14,16,18-19,39H,9-11,13,36H2,1-3H3,(H,37,41)(H,38,40)/t14-,16+,18?,19?/m0/s1. The molecule has 4 atom stereocenters. The van der Waals surface area contributed by atoms with E-state index in [9.17, 15) is 22.4 Å². The molecule has 2 aromatic carbocycles. The van der Waals surface area contributed by atoms with E-state index in [1.165, 1.54) is 0 Å². The van der Waals surface area contributed by atoms with Crippen molar-refractivity contribution in [2.24, 2.45) is 0 Å². The smallest absolute Gasteiger partial charge is 0.417 e. The third-order valence-corrected chi connectivity index (χ3v) is 7.83. The van der Waals surface area contributed by atoms with Crippen LogP contribution in [0.1, 0.15) is 66.2 Å². The minimum atomic E-state index is -5.07. The van der Waals surface area contributed by atoms with Gasteiger partial charge in [-0.25, -0.2) is 13.8 Å². The summed E-state index contributed by atoms with van der Waals surface area (Å²) in [6.07, 6.45) is -3.39. The molecule has 5 rings (SSSR count). The summed E-state index contributed by atoms with van der Waals surface area (Å²) in [5, 5.41) is 9.23. The average Bonchev–Trinajstić information content (AvgIpc) is 3.37. The Hall–Kier alpha value is -3.93. The van der Waals surface area contributed by atoms with Crippen molar-refractivity contribution in [1.29, 1.82) is 0 Å². The molecule has 3 heterocycles. The van der Waals surface area contributed by atoms with Crippen LogP contribution in [-0.2, 0) is 6.18 Å². The van der Waals surface area contributed by atoms with E-state index < -0.39 is 63.9 Å². The van der Waals surface area contributed by atoms with Crippen molar-refractivity contribution in [2.75, 3.05) is 17.6 Å². The predicted molar refractivity (Wildman–Crippen MR) is 149 cm³/mol. The molecular weight excluding hydrogens is 557 g/mol. The first kappa shape index (κ1) is 29.6. The fraction of sp³-hybridized carbons (Fsp3) is 0.400. The molecule has 1 saturated heterocycles. The molecule has 42 heavy (non-hydrogen) atoms. The van der Waals surface area contributed by atoms with Gasteiger partial charge in [-0.1, -0.05) is 30.3 Å². The van der Waals surface area contributed by atoms with E-state index in [1.807, 2.05) is 0 Å². The number of hydrogen-bond donors (Lipinski definition) is 4. The van der Waals surface area contributed by atoms with Crippen LogP contribution in [0.4, 0.5) is 33.3 Å². The summed E-state index contributed by atoms with van der Waals surface area (Å²) in [5.41, 5.74) is 1.44. The highest BCUT2D eigenvalue weighted by molar-refractivity contribution is 6.03. The topological polar surface area (TPSA) is 101 Å². The zero-order valence-electron chi connectivity index (χ0n) is 23.3. The number of benzene rings is 2. The number of aromatic nitrogens is 1. The van der Waals surface area contributed by atoms with Gasteiger partial charge in [0.05, 0.1) is 23.0 Å². The summed E-state index contributed by atoms with van der Waals surface area (Å²) in [6, 6.07) is 9.16. The number of nitrogens with two attached hydrogens (primary N) is 1. The van der Waals surface area contributed by atoms with E-state index in [0.29, 0.717) is 12.5 Å². The molecular formula is C30H32F5N5O2. The van der Waals surface area contributed by atoms with Gasteiger partial charge in [0.2, 0.25) is 5.88 Å². The van der Waals surface area contributed by atoms with Gasteiger partial charge in [0, 0.05) is 30.2 Å². The minimum absolute atomic E-state index is 0.00365. The number of alkyl halides is 3. The van der Waals surface area contributed by atoms with E-state index in [2.05, 4.69) is 20.9 Å². The zero-order chi connectivity index (χ0) is 30.3. The second-order valence-corrected chi connectivity index (χ2v) is 10.9. The monoisotopic (exact) mass is 589 g/mol. The summed E-state index contributed by atoms with van der Waals surface area (Å²) in [5.74, 6) is -3.53. The Morgan fingerprint density at radius 2 is 1.81 bits per heavy atom. The third-order valence-electron chi connectivity index (χ3n) is 7.83. The number of nitrogen functional groups attached to an aromatic ring is 1. The number of nitrogens with one attached hydrogen (secondary N) is 3. The van der Waals surface area contributed by atoms with Gasteiger partial charge in [-0.2, -0.15) is 13.2 Å². The summed E-state index contributed by atoms with van der Waals surface area (Å²) in [4.78, 5) is 17.8. The van der Waals surface area contributed by atoms with E-state index in [4.69, 9.17) is 10.5 Å². The van der Waals surface area contributed by atoms with Crippen LogP contribution < -0.4 is 26.4 Å². The van der Waals surface area contributed by atoms with Gasteiger partial charge in [-0.3, -0.25) is 4.79 Å². The molecule has 5 N–H and O–H groups in total. The molecule has 2 bridgehead atoms. The Morgan fingerprint density at radius 1 is 1.12 bits per heavy atom. The molecule has 1 amide bonds. The molecule has 12 heteroatoms. The van der Waals surface area contributed by atoms with Crippen molar-refractivity contribution in [3.63, 3.8) is 0 Å². The number of halogens is 5. The summed E-state index contributed by atoms with van der Waals surface area (Å²) < 4.78 is 80.2. The number of rotatable bonds is 4. The van der Waals surface area contributed by atoms with Gasteiger partial charge >= 0.3 is 6.18 Å². The number of hydrogen-bond acceptors (Lipinski definition) is 6. The molecule has 2 aliphatic rings. The van der Waals surface area contributed by atoms with Gasteiger partial charge in [0.1, 0.15) is 17.1 Å². The van der Waals surface area contributed by atoms with E-state index >= 15 is 4.39 Å². The normalized spacial score (nSPS) is 21.5. The Labute approximate surface area is 240 Å². The first-order valence-electron chi connectivity index (χ1n) is 13.8. The number of carbonyl (C=O) groups excluding carboxylic acids is 1. The lowest BCUT2D eigenvalue weighted by molar-refractivity contribution is -0.137. The first-order valence-corrected chi connectivity index (χ1v) is 13.8. The average molecular weight is 590 g/mol. The highest BCUT2D eigenvalue weighted by Crippen LogP contribution is 2.45. The molecule has 1 aromatic heterocycles. The van der Waals surface area contributed by atoms with Crippen molar-refractivity contribution in [1.82, 2.24) is 15.6 Å². The summed E-state index contributed by atoms with van der Waals surface area (Å²) in [6.45, 7) is 4.65. The van der Waals surface area contributed by atoms with Crippen LogP contribution in [0, 0.1) is 18.6 Å². The number of nitrogens with zero attached hydrogens (tertiary/aromatic N) is 1. The zero-order valence-corrected chi connectivity index (χ0v) is 23.3. The highest BCUT2D eigenvalue weighted by atomic mass is 19.4. The molecule has 224 valence electrons. The molecule has 2 unspecified atom stereocenters. The second-order valence-electron chi connectivity index (χ2n) is 10.9. The second kappa shape index (κ2) is 11.4. The Morgan fingerprint density at radius 3 is 2.50 bits per heavy atom. The molecule has 0 aliphatic carbocycles. The third kappa shape index (κ3) is 5.72. The maximum atomic E-state index is 16.6. The number of fused-ring (bicyclic) bond motifs is 3. The molecule has 7 nitrogen and oxygen atoms in total. The molecule has 2 aliphatic heterocycles. The van der Waals surface area contributed by atoms with Crippen molar-refractivity contribution < 1.29 is 31.5 Å². The van der Waals surface area contributed by atoms with Gasteiger partial charge in [-0.15, -0.1) is 0 Å². The van der Waals surface area contributed by atoms with E-state index in [-0.39, 0.29) is 35.8 Å². The lowest BCUT2D eigenvalue weighted by Crippen LogP contribution is -2.40. The number of carbonyl (C=O) groups is 1. The number of pyridine rings is 1. The summed E-state index contributed by atoms with van der Waals surface area (Å²) in [7, 11) is 0.